The molecule has 6 heteroatoms. The summed E-state index contributed by atoms with van der Waals surface area (Å²) in [5.41, 5.74) is 10.5. The monoisotopic (exact) mass is 401 g/mol. The molecule has 2 aromatic carbocycles. The van der Waals surface area contributed by atoms with Crippen LogP contribution in [0.1, 0.15) is 31.0 Å². The van der Waals surface area contributed by atoms with Crippen molar-refractivity contribution in [1.82, 2.24) is 15.0 Å². The van der Waals surface area contributed by atoms with Crippen LogP contribution in [0, 0.1) is 6.92 Å². The third-order valence-electron chi connectivity index (χ3n) is 4.61. The molecule has 5 nitrogen and oxygen atoms in total. The van der Waals surface area contributed by atoms with E-state index in [0.717, 1.165) is 38.1 Å². The summed E-state index contributed by atoms with van der Waals surface area (Å²) in [5.74, 6) is 1.10. The number of aryl methyl sites for hydroxylation is 1. The maximum atomic E-state index is 5.81. The van der Waals surface area contributed by atoms with E-state index in [1.807, 2.05) is 36.4 Å². The van der Waals surface area contributed by atoms with Gasteiger partial charge in [-0.2, -0.15) is 0 Å². The first kappa shape index (κ1) is 19.2. The number of fused-ring (bicyclic) bond motifs is 1. The average molecular weight is 402 g/mol. The van der Waals surface area contributed by atoms with Gasteiger partial charge in [0.15, 0.2) is 5.65 Å². The molecule has 0 aliphatic carbocycles. The summed E-state index contributed by atoms with van der Waals surface area (Å²) < 4.78 is 0. The van der Waals surface area contributed by atoms with Crippen molar-refractivity contribution in [1.29, 1.82) is 0 Å². The van der Waals surface area contributed by atoms with Crippen LogP contribution in [0.15, 0.2) is 70.7 Å². The van der Waals surface area contributed by atoms with Crippen molar-refractivity contribution in [2.24, 2.45) is 0 Å². The molecule has 0 bridgehead atoms. The standard InChI is InChI=1S/C23H23N5S/c1-14(2)19-10-9-18-22(27-19)25-13-26-23(18)28-20-12-15(3)4-11-21(20)29-17-7-5-16(24)6-8-17/h4-14H,24H2,1-3H3,(H,25,26,27,28). The van der Waals surface area contributed by atoms with Crippen molar-refractivity contribution >= 4 is 40.0 Å². The third-order valence-corrected chi connectivity index (χ3v) is 5.69. The second kappa shape index (κ2) is 8.09. The number of nitrogen functional groups attached to an aromatic ring is 1. The summed E-state index contributed by atoms with van der Waals surface area (Å²) in [6.45, 7) is 6.33. The molecule has 146 valence electrons. The van der Waals surface area contributed by atoms with E-state index in [9.17, 15) is 0 Å². The molecule has 2 aromatic heterocycles. The summed E-state index contributed by atoms with van der Waals surface area (Å²) in [7, 11) is 0. The van der Waals surface area contributed by atoms with Crippen LogP contribution in [-0.4, -0.2) is 15.0 Å². The van der Waals surface area contributed by atoms with Gasteiger partial charge in [0, 0.05) is 21.2 Å². The molecule has 0 saturated heterocycles. The van der Waals surface area contributed by atoms with Crippen LogP contribution >= 0.6 is 11.8 Å². The van der Waals surface area contributed by atoms with Crippen LogP contribution in [0.3, 0.4) is 0 Å². The van der Waals surface area contributed by atoms with Gasteiger partial charge in [-0.15, -0.1) is 0 Å². The number of nitrogens with zero attached hydrogens (tertiary/aromatic N) is 3. The van der Waals surface area contributed by atoms with Crippen molar-refractivity contribution in [3.63, 3.8) is 0 Å². The number of rotatable bonds is 5. The average Bonchev–Trinajstić information content (AvgIpc) is 2.71. The smallest absolute Gasteiger partial charge is 0.164 e. The van der Waals surface area contributed by atoms with Gasteiger partial charge in [0.2, 0.25) is 0 Å². The van der Waals surface area contributed by atoms with Crippen molar-refractivity contribution in [3.8, 4) is 0 Å². The van der Waals surface area contributed by atoms with Gasteiger partial charge in [-0.05, 0) is 66.9 Å². The van der Waals surface area contributed by atoms with Gasteiger partial charge < -0.3 is 11.1 Å². The van der Waals surface area contributed by atoms with E-state index >= 15 is 0 Å². The molecule has 0 spiro atoms. The summed E-state index contributed by atoms with van der Waals surface area (Å²) >= 11 is 1.69. The van der Waals surface area contributed by atoms with E-state index in [-0.39, 0.29) is 0 Å². The second-order valence-electron chi connectivity index (χ2n) is 7.28. The van der Waals surface area contributed by atoms with Gasteiger partial charge in [0.1, 0.15) is 12.1 Å². The van der Waals surface area contributed by atoms with Gasteiger partial charge in [-0.1, -0.05) is 31.7 Å². The van der Waals surface area contributed by atoms with E-state index in [2.05, 4.69) is 59.2 Å². The molecule has 0 amide bonds. The van der Waals surface area contributed by atoms with Gasteiger partial charge in [-0.25, -0.2) is 15.0 Å². The Balaban J connectivity index is 1.70. The van der Waals surface area contributed by atoms with Crippen LogP contribution in [0.2, 0.25) is 0 Å². The fourth-order valence-corrected chi connectivity index (χ4v) is 3.88. The fourth-order valence-electron chi connectivity index (χ4n) is 3.00. The Hall–Kier alpha value is -3.12. The molecule has 2 heterocycles. The number of aromatic nitrogens is 3. The lowest BCUT2D eigenvalue weighted by atomic mass is 10.1. The maximum Gasteiger partial charge on any atom is 0.164 e. The van der Waals surface area contributed by atoms with Gasteiger partial charge >= 0.3 is 0 Å². The highest BCUT2D eigenvalue weighted by atomic mass is 32.2. The number of nitrogens with one attached hydrogen (secondary N) is 1. The van der Waals surface area contributed by atoms with Gasteiger partial charge in [0.05, 0.1) is 11.1 Å². The molecule has 29 heavy (non-hydrogen) atoms. The van der Waals surface area contributed by atoms with Crippen LogP contribution in [-0.2, 0) is 0 Å². The van der Waals surface area contributed by atoms with Crippen LogP contribution in [0.25, 0.3) is 11.0 Å². The van der Waals surface area contributed by atoms with Crippen molar-refractivity contribution in [2.45, 2.75) is 36.5 Å². The highest BCUT2D eigenvalue weighted by Crippen LogP contribution is 2.36. The molecule has 0 aliphatic rings. The summed E-state index contributed by atoms with van der Waals surface area (Å²) in [5, 5.41) is 4.40. The predicted molar refractivity (Wildman–Crippen MR) is 121 cm³/mol. The number of anilines is 3. The van der Waals surface area contributed by atoms with E-state index in [0.29, 0.717) is 11.6 Å². The Morgan fingerprint density at radius 1 is 0.966 bits per heavy atom. The molecule has 4 aromatic rings. The Morgan fingerprint density at radius 2 is 1.76 bits per heavy atom. The van der Waals surface area contributed by atoms with Crippen LogP contribution in [0.5, 0.6) is 0 Å². The minimum absolute atomic E-state index is 0.352. The highest BCUT2D eigenvalue weighted by molar-refractivity contribution is 7.99. The molecule has 0 fully saturated rings. The van der Waals surface area contributed by atoms with Gasteiger partial charge in [0.25, 0.3) is 0 Å². The molecule has 0 radical (unpaired) electrons. The van der Waals surface area contributed by atoms with E-state index in [4.69, 9.17) is 5.73 Å². The topological polar surface area (TPSA) is 76.7 Å². The number of hydrogen-bond donors (Lipinski definition) is 2. The normalized spacial score (nSPS) is 11.2. The second-order valence-corrected chi connectivity index (χ2v) is 8.40. The molecule has 0 aliphatic heterocycles. The van der Waals surface area contributed by atoms with Crippen molar-refractivity contribution in [3.05, 3.63) is 72.2 Å². The lowest BCUT2D eigenvalue weighted by molar-refractivity contribution is 0.827. The minimum atomic E-state index is 0.352. The fraction of sp³-hybridized carbons (Fsp3) is 0.174. The Labute approximate surface area is 174 Å². The third kappa shape index (κ3) is 4.32. The Morgan fingerprint density at radius 3 is 2.52 bits per heavy atom. The van der Waals surface area contributed by atoms with Crippen molar-refractivity contribution < 1.29 is 0 Å². The van der Waals surface area contributed by atoms with E-state index < -0.39 is 0 Å². The lowest BCUT2D eigenvalue weighted by Crippen LogP contribution is -2.00. The number of nitrogens with two attached hydrogens (primary N) is 1. The highest BCUT2D eigenvalue weighted by Gasteiger charge is 2.11. The zero-order chi connectivity index (χ0) is 20.4. The summed E-state index contributed by atoms with van der Waals surface area (Å²) in [6.07, 6.45) is 1.56. The number of pyridine rings is 1. The largest absolute Gasteiger partial charge is 0.399 e. The lowest BCUT2D eigenvalue weighted by Gasteiger charge is -2.14. The van der Waals surface area contributed by atoms with E-state index in [1.54, 1.807) is 18.1 Å². The first-order valence-electron chi connectivity index (χ1n) is 9.52. The SMILES string of the molecule is Cc1ccc(Sc2ccc(N)cc2)c(Nc2ncnc3nc(C(C)C)ccc23)c1. The Kier molecular flexibility index (Phi) is 5.36. The van der Waals surface area contributed by atoms with E-state index in [1.165, 1.54) is 5.56 Å². The summed E-state index contributed by atoms with van der Waals surface area (Å²) in [6, 6.07) is 18.3. The molecular weight excluding hydrogens is 378 g/mol. The quantitative estimate of drug-likeness (QED) is 0.403. The molecule has 4 rings (SSSR count). The molecule has 0 saturated carbocycles. The molecule has 0 atom stereocenters. The first-order valence-corrected chi connectivity index (χ1v) is 10.3. The Bertz CT molecular complexity index is 1160. The first-order chi connectivity index (χ1) is 14.0. The van der Waals surface area contributed by atoms with Crippen LogP contribution in [0.4, 0.5) is 17.2 Å². The predicted octanol–water partition coefficient (Wildman–Crippen LogP) is 5.93. The molecular formula is C23H23N5S. The molecule has 3 N–H and O–H groups in total. The maximum absolute atomic E-state index is 5.81. The zero-order valence-corrected chi connectivity index (χ0v) is 17.5. The number of benzene rings is 2. The number of hydrogen-bond acceptors (Lipinski definition) is 6. The van der Waals surface area contributed by atoms with Crippen molar-refractivity contribution in [2.75, 3.05) is 11.1 Å². The van der Waals surface area contributed by atoms with Crippen LogP contribution < -0.4 is 11.1 Å². The van der Waals surface area contributed by atoms with Gasteiger partial charge in [-0.3, -0.25) is 0 Å². The minimum Gasteiger partial charge on any atom is -0.399 e. The zero-order valence-electron chi connectivity index (χ0n) is 16.7. The molecule has 0 unspecified atom stereocenters. The summed E-state index contributed by atoms with van der Waals surface area (Å²) in [4.78, 5) is 15.8.